The molecule has 1 N–H and O–H groups in total. The number of benzene rings is 1. The van der Waals surface area contributed by atoms with Crippen molar-refractivity contribution in [3.8, 4) is 5.75 Å². The van der Waals surface area contributed by atoms with Crippen LogP contribution in [0.5, 0.6) is 5.75 Å². The Hall–Kier alpha value is -1.09. The minimum Gasteiger partial charge on any atom is -0.493 e. The summed E-state index contributed by atoms with van der Waals surface area (Å²) in [4.78, 5) is 0. The highest BCUT2D eigenvalue weighted by Gasteiger charge is 2.17. The second-order valence-corrected chi connectivity index (χ2v) is 5.71. The van der Waals surface area contributed by atoms with Gasteiger partial charge in [0.15, 0.2) is 0 Å². The van der Waals surface area contributed by atoms with Gasteiger partial charge in [0.05, 0.1) is 6.61 Å². The fourth-order valence-electron chi connectivity index (χ4n) is 2.54. The zero-order valence-corrected chi connectivity index (χ0v) is 11.9. The van der Waals surface area contributed by atoms with Crippen LogP contribution in [0.15, 0.2) is 18.2 Å². The molecule has 106 valence electrons. The predicted octanol–water partition coefficient (Wildman–Crippen LogP) is 3.89. The van der Waals surface area contributed by atoms with E-state index in [-0.39, 0.29) is 5.82 Å². The third-order valence-corrected chi connectivity index (χ3v) is 3.71. The van der Waals surface area contributed by atoms with E-state index in [0.717, 1.165) is 6.61 Å². The van der Waals surface area contributed by atoms with Crippen molar-refractivity contribution in [3.05, 3.63) is 29.6 Å². The highest BCUT2D eigenvalue weighted by Crippen LogP contribution is 2.27. The van der Waals surface area contributed by atoms with Crippen molar-refractivity contribution in [1.29, 1.82) is 0 Å². The Morgan fingerprint density at radius 1 is 1.32 bits per heavy atom. The summed E-state index contributed by atoms with van der Waals surface area (Å²) in [5.41, 5.74) is 0.647. The van der Waals surface area contributed by atoms with Gasteiger partial charge in [0.2, 0.25) is 0 Å². The molecule has 0 aromatic heterocycles. The van der Waals surface area contributed by atoms with Gasteiger partial charge in [0.25, 0.3) is 0 Å². The van der Waals surface area contributed by atoms with Crippen LogP contribution >= 0.6 is 0 Å². The summed E-state index contributed by atoms with van der Waals surface area (Å²) in [6, 6.07) is 5.43. The lowest BCUT2D eigenvalue weighted by atomic mass is 10.1. The molecule has 0 saturated heterocycles. The molecular weight excluding hydrogens is 241 g/mol. The lowest BCUT2D eigenvalue weighted by Gasteiger charge is -2.16. The Morgan fingerprint density at radius 3 is 2.74 bits per heavy atom. The first kappa shape index (κ1) is 14.3. The standard InChI is InChI=1S/C16H24FNO/c1-12(2)18-10-14-15(17)8-5-9-16(14)19-11-13-6-3-4-7-13/h5,8-9,12-13,18H,3-4,6-7,10-11H2,1-2H3. The van der Waals surface area contributed by atoms with Crippen molar-refractivity contribution < 1.29 is 9.13 Å². The van der Waals surface area contributed by atoms with E-state index in [9.17, 15) is 4.39 Å². The molecule has 0 aliphatic heterocycles. The normalized spacial score (nSPS) is 16.2. The SMILES string of the molecule is CC(C)NCc1c(F)cccc1OCC1CCCC1. The third kappa shape index (κ3) is 4.20. The summed E-state index contributed by atoms with van der Waals surface area (Å²) in [6.07, 6.45) is 5.10. The first-order valence-electron chi connectivity index (χ1n) is 7.30. The predicted molar refractivity (Wildman–Crippen MR) is 75.8 cm³/mol. The Labute approximate surface area is 115 Å². The number of rotatable bonds is 6. The molecule has 3 heteroatoms. The van der Waals surface area contributed by atoms with Gasteiger partial charge in [-0.3, -0.25) is 0 Å². The average Bonchev–Trinajstić information content (AvgIpc) is 2.88. The Balaban J connectivity index is 1.99. The van der Waals surface area contributed by atoms with Crippen molar-refractivity contribution in [2.75, 3.05) is 6.61 Å². The molecule has 1 saturated carbocycles. The van der Waals surface area contributed by atoms with Gasteiger partial charge in [-0.2, -0.15) is 0 Å². The van der Waals surface area contributed by atoms with E-state index in [1.165, 1.54) is 31.7 Å². The van der Waals surface area contributed by atoms with Crippen LogP contribution in [-0.2, 0) is 6.54 Å². The van der Waals surface area contributed by atoms with E-state index >= 15 is 0 Å². The van der Waals surface area contributed by atoms with E-state index in [0.29, 0.717) is 29.8 Å². The van der Waals surface area contributed by atoms with Gasteiger partial charge in [-0.25, -0.2) is 4.39 Å². The zero-order valence-electron chi connectivity index (χ0n) is 11.9. The minimum atomic E-state index is -0.183. The molecule has 0 unspecified atom stereocenters. The lowest BCUT2D eigenvalue weighted by molar-refractivity contribution is 0.248. The van der Waals surface area contributed by atoms with Gasteiger partial charge in [-0.15, -0.1) is 0 Å². The molecule has 0 amide bonds. The quantitative estimate of drug-likeness (QED) is 0.842. The fourth-order valence-corrected chi connectivity index (χ4v) is 2.54. The molecule has 0 heterocycles. The molecule has 0 spiro atoms. The average molecular weight is 265 g/mol. The van der Waals surface area contributed by atoms with Crippen LogP contribution < -0.4 is 10.1 Å². The largest absolute Gasteiger partial charge is 0.493 e. The van der Waals surface area contributed by atoms with Crippen LogP contribution in [0.1, 0.15) is 45.1 Å². The van der Waals surface area contributed by atoms with Crippen LogP contribution in [0.4, 0.5) is 4.39 Å². The summed E-state index contributed by atoms with van der Waals surface area (Å²) in [6.45, 7) is 5.35. The number of halogens is 1. The van der Waals surface area contributed by atoms with Crippen molar-refractivity contribution in [3.63, 3.8) is 0 Å². The molecule has 1 aliphatic rings. The van der Waals surface area contributed by atoms with Gasteiger partial charge >= 0.3 is 0 Å². The maximum absolute atomic E-state index is 13.9. The number of hydrogen-bond acceptors (Lipinski definition) is 2. The monoisotopic (exact) mass is 265 g/mol. The molecule has 2 nitrogen and oxygen atoms in total. The molecule has 19 heavy (non-hydrogen) atoms. The Kier molecular flexibility index (Phi) is 5.20. The maximum Gasteiger partial charge on any atom is 0.131 e. The molecule has 1 fully saturated rings. The van der Waals surface area contributed by atoms with Gasteiger partial charge < -0.3 is 10.1 Å². The summed E-state index contributed by atoms with van der Waals surface area (Å²) in [5, 5.41) is 3.25. The first-order chi connectivity index (χ1) is 9.16. The second-order valence-electron chi connectivity index (χ2n) is 5.71. The van der Waals surface area contributed by atoms with E-state index in [4.69, 9.17) is 4.74 Å². The molecule has 0 bridgehead atoms. The maximum atomic E-state index is 13.9. The van der Waals surface area contributed by atoms with Crippen molar-refractivity contribution in [2.24, 2.45) is 5.92 Å². The van der Waals surface area contributed by atoms with Gasteiger partial charge in [-0.1, -0.05) is 32.8 Å². The van der Waals surface area contributed by atoms with Gasteiger partial charge in [0, 0.05) is 18.2 Å². The van der Waals surface area contributed by atoms with Crippen molar-refractivity contribution in [2.45, 2.75) is 52.1 Å². The van der Waals surface area contributed by atoms with Crippen molar-refractivity contribution >= 4 is 0 Å². The summed E-state index contributed by atoms with van der Waals surface area (Å²) < 4.78 is 19.7. The number of hydrogen-bond donors (Lipinski definition) is 1. The molecule has 1 aliphatic carbocycles. The topological polar surface area (TPSA) is 21.3 Å². The van der Waals surface area contributed by atoms with E-state index in [2.05, 4.69) is 19.2 Å². The molecule has 1 aromatic carbocycles. The smallest absolute Gasteiger partial charge is 0.131 e. The highest BCUT2D eigenvalue weighted by atomic mass is 19.1. The van der Waals surface area contributed by atoms with Crippen LogP contribution in [0.2, 0.25) is 0 Å². The molecule has 2 rings (SSSR count). The molecule has 0 radical (unpaired) electrons. The summed E-state index contributed by atoms with van der Waals surface area (Å²) >= 11 is 0. The first-order valence-corrected chi connectivity index (χ1v) is 7.30. The van der Waals surface area contributed by atoms with Crippen LogP contribution in [-0.4, -0.2) is 12.6 Å². The molecular formula is C16H24FNO. The Morgan fingerprint density at radius 2 is 2.05 bits per heavy atom. The zero-order chi connectivity index (χ0) is 13.7. The number of nitrogens with one attached hydrogen (secondary N) is 1. The van der Waals surface area contributed by atoms with Crippen LogP contribution in [0, 0.1) is 11.7 Å². The Bertz CT molecular complexity index is 400. The fraction of sp³-hybridized carbons (Fsp3) is 0.625. The van der Waals surface area contributed by atoms with Crippen LogP contribution in [0.3, 0.4) is 0 Å². The minimum absolute atomic E-state index is 0.183. The van der Waals surface area contributed by atoms with E-state index < -0.39 is 0 Å². The van der Waals surface area contributed by atoms with Crippen molar-refractivity contribution in [1.82, 2.24) is 5.32 Å². The third-order valence-electron chi connectivity index (χ3n) is 3.71. The van der Waals surface area contributed by atoms with Gasteiger partial charge in [0.1, 0.15) is 11.6 Å². The summed E-state index contributed by atoms with van der Waals surface area (Å²) in [5.74, 6) is 1.16. The van der Waals surface area contributed by atoms with Crippen LogP contribution in [0.25, 0.3) is 0 Å². The second kappa shape index (κ2) is 6.90. The van der Waals surface area contributed by atoms with E-state index in [1.54, 1.807) is 6.07 Å². The van der Waals surface area contributed by atoms with E-state index in [1.807, 2.05) is 6.07 Å². The van der Waals surface area contributed by atoms with Gasteiger partial charge in [-0.05, 0) is 30.9 Å². The molecule has 0 atom stereocenters. The lowest BCUT2D eigenvalue weighted by Crippen LogP contribution is -2.23. The summed E-state index contributed by atoms with van der Waals surface area (Å²) in [7, 11) is 0. The molecule has 1 aromatic rings. The highest BCUT2D eigenvalue weighted by molar-refractivity contribution is 5.34. The number of ether oxygens (including phenoxy) is 1.